The van der Waals surface area contributed by atoms with Gasteiger partial charge < -0.3 is 31.1 Å². The molecule has 0 bridgehead atoms. The number of amides is 2. The number of hydrogen-bond acceptors (Lipinski definition) is 5. The number of carbonyl (C=O) groups excluding carboxylic acids is 2. The topological polar surface area (TPSA) is 149 Å². The summed E-state index contributed by atoms with van der Waals surface area (Å²) < 4.78 is 0. The molecule has 1 aliphatic heterocycles. The van der Waals surface area contributed by atoms with Crippen LogP contribution in [0.5, 0.6) is 5.75 Å². The predicted molar refractivity (Wildman–Crippen MR) is 115 cm³/mol. The molecule has 2 heterocycles. The first kappa shape index (κ1) is 22.6. The number of aromatic nitrogens is 1. The first-order chi connectivity index (χ1) is 14.7. The number of nitrogens with two attached hydrogens (primary N) is 1. The maximum absolute atomic E-state index is 13.1. The normalized spacial score (nSPS) is 19.2. The third-order valence-electron chi connectivity index (χ3n) is 6.13. The maximum atomic E-state index is 13.1. The Balaban J connectivity index is 1.73. The summed E-state index contributed by atoms with van der Waals surface area (Å²) in [4.78, 5) is 41.9. The van der Waals surface area contributed by atoms with Crippen molar-refractivity contribution in [2.24, 2.45) is 11.7 Å². The first-order valence-electron chi connectivity index (χ1n) is 10.6. The molecule has 168 valence electrons. The lowest BCUT2D eigenvalue weighted by Crippen LogP contribution is -2.57. The molecule has 2 aromatic rings. The van der Waals surface area contributed by atoms with E-state index in [9.17, 15) is 24.6 Å². The Labute approximate surface area is 180 Å². The number of carboxylic acids is 1. The highest BCUT2D eigenvalue weighted by atomic mass is 16.4. The fourth-order valence-corrected chi connectivity index (χ4v) is 4.07. The summed E-state index contributed by atoms with van der Waals surface area (Å²) in [6.07, 6.45) is 3.64. The van der Waals surface area contributed by atoms with Crippen LogP contribution in [-0.4, -0.2) is 62.6 Å². The van der Waals surface area contributed by atoms with Gasteiger partial charge in [-0.25, -0.2) is 4.79 Å². The van der Waals surface area contributed by atoms with Gasteiger partial charge >= 0.3 is 5.97 Å². The Kier molecular flexibility index (Phi) is 6.84. The van der Waals surface area contributed by atoms with Gasteiger partial charge in [-0.05, 0) is 48.9 Å². The van der Waals surface area contributed by atoms with Crippen LogP contribution in [0.25, 0.3) is 10.9 Å². The van der Waals surface area contributed by atoms with Gasteiger partial charge in [-0.15, -0.1) is 0 Å². The highest BCUT2D eigenvalue weighted by molar-refractivity contribution is 5.93. The zero-order valence-electron chi connectivity index (χ0n) is 17.8. The number of carboxylic acid groups (broad SMARTS) is 1. The van der Waals surface area contributed by atoms with Crippen molar-refractivity contribution < 1.29 is 24.6 Å². The van der Waals surface area contributed by atoms with Gasteiger partial charge in [-0.3, -0.25) is 9.59 Å². The molecule has 0 radical (unpaired) electrons. The van der Waals surface area contributed by atoms with Crippen LogP contribution in [0.2, 0.25) is 0 Å². The SMILES string of the molecule is CC[C@H](C)[C@H](NC(=O)[C@@H](N)Cc1c[nH]c2ccc(O)cc12)C(=O)N1CCC[C@H]1C(=O)O. The molecule has 1 saturated heterocycles. The average Bonchev–Trinajstić information content (AvgIpc) is 3.38. The number of fused-ring (bicyclic) bond motifs is 1. The summed E-state index contributed by atoms with van der Waals surface area (Å²) in [6, 6.07) is 2.32. The minimum Gasteiger partial charge on any atom is -0.508 e. The van der Waals surface area contributed by atoms with Crippen LogP contribution < -0.4 is 11.1 Å². The lowest BCUT2D eigenvalue weighted by Gasteiger charge is -2.31. The number of nitrogens with zero attached hydrogens (tertiary/aromatic N) is 1. The van der Waals surface area contributed by atoms with Gasteiger partial charge in [-0.1, -0.05) is 20.3 Å². The summed E-state index contributed by atoms with van der Waals surface area (Å²) in [5, 5.41) is 22.7. The summed E-state index contributed by atoms with van der Waals surface area (Å²) in [7, 11) is 0. The standard InChI is InChI=1S/C22H30N4O5/c1-3-12(2)19(21(29)26-8-4-5-18(26)22(30)31)25-20(28)16(23)9-13-11-24-17-7-6-14(27)10-15(13)17/h6-7,10-12,16,18-19,24,27H,3-5,8-9,23H2,1-2H3,(H,25,28)(H,30,31)/t12-,16-,18-,19-/m0/s1. The molecule has 3 rings (SSSR count). The second-order valence-electron chi connectivity index (χ2n) is 8.25. The zero-order chi connectivity index (χ0) is 22.7. The Morgan fingerprint density at radius 2 is 2.10 bits per heavy atom. The molecule has 9 heteroatoms. The molecule has 0 unspecified atom stereocenters. The average molecular weight is 431 g/mol. The molecular formula is C22H30N4O5. The van der Waals surface area contributed by atoms with Crippen molar-refractivity contribution >= 4 is 28.7 Å². The first-order valence-corrected chi connectivity index (χ1v) is 10.6. The predicted octanol–water partition coefficient (Wildman–Crippen LogP) is 1.35. The molecule has 1 fully saturated rings. The van der Waals surface area contributed by atoms with E-state index in [4.69, 9.17) is 5.73 Å². The minimum atomic E-state index is -1.03. The second kappa shape index (κ2) is 9.38. The summed E-state index contributed by atoms with van der Waals surface area (Å²) >= 11 is 0. The molecule has 0 aliphatic carbocycles. The van der Waals surface area contributed by atoms with E-state index in [1.54, 1.807) is 24.4 Å². The molecule has 0 saturated carbocycles. The van der Waals surface area contributed by atoms with E-state index in [0.717, 1.165) is 16.5 Å². The van der Waals surface area contributed by atoms with Gasteiger partial charge in [0.15, 0.2) is 0 Å². The molecule has 31 heavy (non-hydrogen) atoms. The van der Waals surface area contributed by atoms with Gasteiger partial charge in [0.05, 0.1) is 6.04 Å². The molecule has 0 spiro atoms. The van der Waals surface area contributed by atoms with Crippen LogP contribution in [0, 0.1) is 5.92 Å². The van der Waals surface area contributed by atoms with Gasteiger partial charge in [-0.2, -0.15) is 0 Å². The van der Waals surface area contributed by atoms with Crippen LogP contribution >= 0.6 is 0 Å². The van der Waals surface area contributed by atoms with Crippen LogP contribution in [0.4, 0.5) is 0 Å². The van der Waals surface area contributed by atoms with Crippen LogP contribution in [0.15, 0.2) is 24.4 Å². The third kappa shape index (κ3) is 4.82. The lowest BCUT2D eigenvalue weighted by atomic mass is 9.96. The molecule has 2 amide bonds. The summed E-state index contributed by atoms with van der Waals surface area (Å²) in [5.41, 5.74) is 7.75. The van der Waals surface area contributed by atoms with E-state index in [1.807, 2.05) is 13.8 Å². The van der Waals surface area contributed by atoms with Crippen LogP contribution in [-0.2, 0) is 20.8 Å². The van der Waals surface area contributed by atoms with Crippen molar-refractivity contribution in [3.63, 3.8) is 0 Å². The van der Waals surface area contributed by atoms with Crippen molar-refractivity contribution in [3.8, 4) is 5.75 Å². The van der Waals surface area contributed by atoms with E-state index in [2.05, 4.69) is 10.3 Å². The number of H-pyrrole nitrogens is 1. The van der Waals surface area contributed by atoms with Crippen molar-refractivity contribution in [3.05, 3.63) is 30.0 Å². The van der Waals surface area contributed by atoms with E-state index >= 15 is 0 Å². The highest BCUT2D eigenvalue weighted by Crippen LogP contribution is 2.24. The lowest BCUT2D eigenvalue weighted by molar-refractivity contribution is -0.150. The smallest absolute Gasteiger partial charge is 0.326 e. The van der Waals surface area contributed by atoms with Crippen molar-refractivity contribution in [2.75, 3.05) is 6.54 Å². The molecule has 1 aliphatic rings. The van der Waals surface area contributed by atoms with Gasteiger partial charge in [0.25, 0.3) is 0 Å². The molecule has 9 nitrogen and oxygen atoms in total. The Morgan fingerprint density at radius 3 is 2.77 bits per heavy atom. The fourth-order valence-electron chi connectivity index (χ4n) is 4.07. The number of phenols is 1. The summed E-state index contributed by atoms with van der Waals surface area (Å²) in [5.74, 6) is -1.94. The van der Waals surface area contributed by atoms with E-state index in [1.165, 1.54) is 4.90 Å². The van der Waals surface area contributed by atoms with Gasteiger partial charge in [0, 0.05) is 23.6 Å². The van der Waals surface area contributed by atoms with Gasteiger partial charge in [0.2, 0.25) is 11.8 Å². The third-order valence-corrected chi connectivity index (χ3v) is 6.13. The highest BCUT2D eigenvalue weighted by Gasteiger charge is 2.39. The number of phenolic OH excluding ortho intramolecular Hbond substituents is 1. The Bertz CT molecular complexity index is 972. The van der Waals surface area contributed by atoms with E-state index in [-0.39, 0.29) is 24.0 Å². The van der Waals surface area contributed by atoms with Crippen molar-refractivity contribution in [1.29, 1.82) is 0 Å². The van der Waals surface area contributed by atoms with Crippen molar-refractivity contribution in [2.45, 2.75) is 57.7 Å². The van der Waals surface area contributed by atoms with Gasteiger partial charge in [0.1, 0.15) is 17.8 Å². The number of likely N-dealkylation sites (tertiary alicyclic amines) is 1. The van der Waals surface area contributed by atoms with Crippen LogP contribution in [0.1, 0.15) is 38.7 Å². The van der Waals surface area contributed by atoms with Crippen LogP contribution in [0.3, 0.4) is 0 Å². The second-order valence-corrected chi connectivity index (χ2v) is 8.25. The molecule has 4 atom stereocenters. The number of aliphatic carboxylic acids is 1. The number of hydrogen-bond donors (Lipinski definition) is 5. The molecular weight excluding hydrogens is 400 g/mol. The Morgan fingerprint density at radius 1 is 1.35 bits per heavy atom. The number of aromatic amines is 1. The Hall–Kier alpha value is -3.07. The number of rotatable bonds is 8. The number of aromatic hydroxyl groups is 1. The summed E-state index contributed by atoms with van der Waals surface area (Å²) in [6.45, 7) is 4.13. The molecule has 6 N–H and O–H groups in total. The maximum Gasteiger partial charge on any atom is 0.326 e. The zero-order valence-corrected chi connectivity index (χ0v) is 17.8. The quantitative estimate of drug-likeness (QED) is 0.427. The minimum absolute atomic E-state index is 0.118. The van der Waals surface area contributed by atoms with E-state index < -0.39 is 30.0 Å². The molecule has 1 aromatic carbocycles. The number of benzene rings is 1. The monoisotopic (exact) mass is 430 g/mol. The fraction of sp³-hybridized carbons (Fsp3) is 0.500. The number of nitrogens with one attached hydrogen (secondary N) is 2. The largest absolute Gasteiger partial charge is 0.508 e. The van der Waals surface area contributed by atoms with Crippen molar-refractivity contribution in [1.82, 2.24) is 15.2 Å². The number of carbonyl (C=O) groups is 3. The van der Waals surface area contributed by atoms with E-state index in [0.29, 0.717) is 25.8 Å². The molecule has 1 aromatic heterocycles.